The fourth-order valence-corrected chi connectivity index (χ4v) is 4.21. The molecule has 1 aliphatic rings. The molecule has 0 saturated heterocycles. The van der Waals surface area contributed by atoms with Gasteiger partial charge in [0.15, 0.2) is 5.78 Å². The first-order valence-corrected chi connectivity index (χ1v) is 10.3. The molecule has 1 aromatic rings. The summed E-state index contributed by atoms with van der Waals surface area (Å²) in [4.78, 5) is 12.2. The Morgan fingerprint density at radius 1 is 1.22 bits per heavy atom. The molecule has 0 aromatic heterocycles. The third-order valence-electron chi connectivity index (χ3n) is 3.35. The molecule has 0 saturated carbocycles. The lowest BCUT2D eigenvalue weighted by Gasteiger charge is -2.20. The highest BCUT2D eigenvalue weighted by atomic mass is 28.3. The second kappa shape index (κ2) is 4.85. The standard InChI is InChI=1S/C16H22OSi/c1-12(11-18(2,3)4)14-9-5-7-13-8-6-10-15(17)16(13)14/h5,7,9,11H,6,8,10H2,1-4H3/b12-11+. The molecular formula is C16H22OSi. The van der Waals surface area contributed by atoms with E-state index in [4.69, 9.17) is 0 Å². The summed E-state index contributed by atoms with van der Waals surface area (Å²) in [5.74, 6) is 0.329. The van der Waals surface area contributed by atoms with Crippen molar-refractivity contribution in [3.63, 3.8) is 0 Å². The summed E-state index contributed by atoms with van der Waals surface area (Å²) in [6.45, 7) is 9.13. The van der Waals surface area contributed by atoms with E-state index in [0.717, 1.165) is 18.4 Å². The van der Waals surface area contributed by atoms with Crippen LogP contribution < -0.4 is 0 Å². The molecule has 1 aliphatic carbocycles. The maximum atomic E-state index is 12.2. The first kappa shape index (κ1) is 13.3. The second-order valence-corrected chi connectivity index (χ2v) is 11.3. The van der Waals surface area contributed by atoms with E-state index in [1.807, 2.05) is 0 Å². The van der Waals surface area contributed by atoms with Crippen molar-refractivity contribution in [2.24, 2.45) is 0 Å². The maximum absolute atomic E-state index is 12.2. The van der Waals surface area contributed by atoms with Crippen LogP contribution in [0.4, 0.5) is 0 Å². The molecule has 2 heteroatoms. The van der Waals surface area contributed by atoms with Crippen molar-refractivity contribution in [1.82, 2.24) is 0 Å². The minimum Gasteiger partial charge on any atom is -0.294 e. The van der Waals surface area contributed by atoms with E-state index >= 15 is 0 Å². The largest absolute Gasteiger partial charge is 0.294 e. The third kappa shape index (κ3) is 2.81. The number of carbonyl (C=O) groups excluding carboxylic acids is 1. The summed E-state index contributed by atoms with van der Waals surface area (Å²) in [7, 11) is -1.24. The highest BCUT2D eigenvalue weighted by molar-refractivity contribution is 6.81. The maximum Gasteiger partial charge on any atom is 0.163 e. The predicted octanol–water partition coefficient (Wildman–Crippen LogP) is 4.49. The Balaban J connectivity index is 2.53. The highest BCUT2D eigenvalue weighted by Gasteiger charge is 2.21. The van der Waals surface area contributed by atoms with E-state index in [1.54, 1.807) is 0 Å². The average Bonchev–Trinajstić information content (AvgIpc) is 2.26. The van der Waals surface area contributed by atoms with Gasteiger partial charge in [-0.05, 0) is 30.9 Å². The van der Waals surface area contributed by atoms with Crippen molar-refractivity contribution in [3.05, 3.63) is 40.6 Å². The van der Waals surface area contributed by atoms with Crippen LogP contribution in [0.5, 0.6) is 0 Å². The number of carbonyl (C=O) groups is 1. The molecule has 0 unspecified atom stereocenters. The molecule has 1 aromatic carbocycles. The Hall–Kier alpha value is -1.15. The highest BCUT2D eigenvalue weighted by Crippen LogP contribution is 2.29. The molecule has 0 spiro atoms. The van der Waals surface area contributed by atoms with Crippen LogP contribution in [-0.4, -0.2) is 13.9 Å². The summed E-state index contributed by atoms with van der Waals surface area (Å²) >= 11 is 0. The lowest BCUT2D eigenvalue weighted by Crippen LogP contribution is -2.18. The number of allylic oxidation sites excluding steroid dienone is 1. The van der Waals surface area contributed by atoms with Gasteiger partial charge in [0.25, 0.3) is 0 Å². The van der Waals surface area contributed by atoms with Crippen LogP contribution in [0.2, 0.25) is 19.6 Å². The lowest BCUT2D eigenvalue weighted by atomic mass is 9.85. The van der Waals surface area contributed by atoms with Gasteiger partial charge in [-0.25, -0.2) is 0 Å². The van der Waals surface area contributed by atoms with Gasteiger partial charge >= 0.3 is 0 Å². The van der Waals surface area contributed by atoms with Crippen LogP contribution in [0.25, 0.3) is 5.57 Å². The smallest absolute Gasteiger partial charge is 0.163 e. The fourth-order valence-electron chi connectivity index (χ4n) is 2.76. The van der Waals surface area contributed by atoms with Gasteiger partial charge in [-0.3, -0.25) is 4.79 Å². The second-order valence-electron chi connectivity index (χ2n) is 6.31. The van der Waals surface area contributed by atoms with Crippen LogP contribution >= 0.6 is 0 Å². The van der Waals surface area contributed by atoms with Crippen LogP contribution in [0.15, 0.2) is 23.9 Å². The zero-order valence-corrected chi connectivity index (χ0v) is 12.8. The van der Waals surface area contributed by atoms with Gasteiger partial charge in [0.2, 0.25) is 0 Å². The molecular weight excluding hydrogens is 236 g/mol. The van der Waals surface area contributed by atoms with Crippen LogP contribution in [0, 0.1) is 0 Å². The number of fused-ring (bicyclic) bond motifs is 1. The van der Waals surface area contributed by atoms with Gasteiger partial charge in [-0.1, -0.05) is 49.1 Å². The number of hydrogen-bond acceptors (Lipinski definition) is 1. The fraction of sp³-hybridized carbons (Fsp3) is 0.438. The molecule has 0 bridgehead atoms. The first-order chi connectivity index (χ1) is 8.38. The summed E-state index contributed by atoms with van der Waals surface area (Å²) in [6, 6.07) is 6.31. The molecule has 2 rings (SSSR count). The van der Waals surface area contributed by atoms with Crippen molar-refractivity contribution >= 4 is 19.4 Å². The molecule has 96 valence electrons. The zero-order chi connectivity index (χ0) is 13.3. The van der Waals surface area contributed by atoms with E-state index in [-0.39, 0.29) is 0 Å². The van der Waals surface area contributed by atoms with Crippen molar-refractivity contribution in [2.45, 2.75) is 45.8 Å². The van der Waals surface area contributed by atoms with E-state index in [9.17, 15) is 4.79 Å². The number of Topliss-reactive ketones (excluding diaryl/α,β-unsaturated/α-hetero) is 1. The Bertz CT molecular complexity index is 506. The topological polar surface area (TPSA) is 17.1 Å². The summed E-state index contributed by atoms with van der Waals surface area (Å²) in [5, 5.41) is 0. The number of aryl methyl sites for hydroxylation is 1. The van der Waals surface area contributed by atoms with Crippen LogP contribution in [0.1, 0.15) is 41.3 Å². The number of benzene rings is 1. The molecule has 0 amide bonds. The van der Waals surface area contributed by atoms with Gasteiger partial charge in [0, 0.05) is 12.0 Å². The first-order valence-electron chi connectivity index (χ1n) is 6.73. The SMILES string of the molecule is C/C(=C\[Si](C)(C)C)c1cccc2c1C(=O)CCC2. The number of rotatable bonds is 2. The minimum atomic E-state index is -1.24. The van der Waals surface area contributed by atoms with Crippen molar-refractivity contribution < 1.29 is 4.79 Å². The quantitative estimate of drug-likeness (QED) is 0.714. The molecule has 1 nitrogen and oxygen atoms in total. The van der Waals surface area contributed by atoms with E-state index in [2.05, 4.69) is 50.5 Å². The predicted molar refractivity (Wildman–Crippen MR) is 80.7 cm³/mol. The molecule has 18 heavy (non-hydrogen) atoms. The van der Waals surface area contributed by atoms with E-state index in [1.165, 1.54) is 16.7 Å². The van der Waals surface area contributed by atoms with E-state index < -0.39 is 8.07 Å². The van der Waals surface area contributed by atoms with Gasteiger partial charge < -0.3 is 0 Å². The molecule has 0 radical (unpaired) electrons. The van der Waals surface area contributed by atoms with Gasteiger partial charge in [-0.2, -0.15) is 0 Å². The molecule has 0 fully saturated rings. The summed E-state index contributed by atoms with van der Waals surface area (Å²) < 4.78 is 0. The summed E-state index contributed by atoms with van der Waals surface area (Å²) in [6.07, 6.45) is 2.77. The van der Waals surface area contributed by atoms with Gasteiger partial charge in [0.05, 0.1) is 8.07 Å². The molecule has 0 aliphatic heterocycles. The Morgan fingerprint density at radius 2 is 1.94 bits per heavy atom. The third-order valence-corrected chi connectivity index (χ3v) is 4.65. The van der Waals surface area contributed by atoms with Crippen molar-refractivity contribution in [2.75, 3.05) is 0 Å². The normalized spacial score (nSPS) is 16.7. The Labute approximate surface area is 111 Å². The van der Waals surface area contributed by atoms with Crippen molar-refractivity contribution in [1.29, 1.82) is 0 Å². The number of ketones is 1. The van der Waals surface area contributed by atoms with Crippen LogP contribution in [0.3, 0.4) is 0 Å². The Kier molecular flexibility index (Phi) is 3.58. The van der Waals surface area contributed by atoms with Gasteiger partial charge in [-0.15, -0.1) is 0 Å². The Morgan fingerprint density at radius 3 is 2.61 bits per heavy atom. The van der Waals surface area contributed by atoms with Crippen molar-refractivity contribution in [3.8, 4) is 0 Å². The monoisotopic (exact) mass is 258 g/mol. The summed E-state index contributed by atoms with van der Waals surface area (Å²) in [5.41, 5.74) is 7.08. The zero-order valence-electron chi connectivity index (χ0n) is 11.8. The molecule has 0 atom stereocenters. The average molecular weight is 258 g/mol. The molecule has 0 heterocycles. The lowest BCUT2D eigenvalue weighted by molar-refractivity contribution is 0.0972. The van der Waals surface area contributed by atoms with Gasteiger partial charge in [0.1, 0.15) is 0 Å². The molecule has 0 N–H and O–H groups in total. The minimum absolute atomic E-state index is 0.329. The number of hydrogen-bond donors (Lipinski definition) is 0. The van der Waals surface area contributed by atoms with Crippen LogP contribution in [-0.2, 0) is 6.42 Å². The van der Waals surface area contributed by atoms with E-state index in [0.29, 0.717) is 12.2 Å².